The first-order valence-corrected chi connectivity index (χ1v) is 9.90. The van der Waals surface area contributed by atoms with Crippen LogP contribution in [-0.2, 0) is 4.79 Å². The second-order valence-corrected chi connectivity index (χ2v) is 7.56. The van der Waals surface area contributed by atoms with E-state index in [1.807, 2.05) is 48.5 Å². The number of nitrogens with one attached hydrogen (secondary N) is 1. The number of para-hydroxylation sites is 1. The summed E-state index contributed by atoms with van der Waals surface area (Å²) >= 11 is 6.08. The summed E-state index contributed by atoms with van der Waals surface area (Å²) < 4.78 is 0. The molecule has 7 heteroatoms. The number of halogens is 1. The van der Waals surface area contributed by atoms with Crippen LogP contribution in [0.15, 0.2) is 54.6 Å². The minimum absolute atomic E-state index is 0.0354. The topological polar surface area (TPSA) is 88.3 Å². The van der Waals surface area contributed by atoms with Gasteiger partial charge < -0.3 is 16.0 Å². The van der Waals surface area contributed by atoms with Crippen LogP contribution >= 0.6 is 11.6 Å². The van der Waals surface area contributed by atoms with Crippen molar-refractivity contribution in [2.75, 3.05) is 23.3 Å². The molecule has 2 heterocycles. The molecule has 0 radical (unpaired) electrons. The highest BCUT2D eigenvalue weighted by atomic mass is 35.5. The first-order valence-electron chi connectivity index (χ1n) is 9.52. The van der Waals surface area contributed by atoms with Crippen molar-refractivity contribution in [3.63, 3.8) is 0 Å². The lowest BCUT2D eigenvalue weighted by Gasteiger charge is -2.32. The van der Waals surface area contributed by atoms with Crippen molar-refractivity contribution in [1.82, 2.24) is 4.98 Å². The lowest BCUT2D eigenvalue weighted by atomic mass is 9.96. The highest BCUT2D eigenvalue weighted by Crippen LogP contribution is 2.26. The zero-order valence-electron chi connectivity index (χ0n) is 15.8. The van der Waals surface area contributed by atoms with Gasteiger partial charge in [-0.25, -0.2) is 4.98 Å². The number of carbonyl (C=O) groups excluding carboxylic acids is 2. The summed E-state index contributed by atoms with van der Waals surface area (Å²) in [7, 11) is 0. The summed E-state index contributed by atoms with van der Waals surface area (Å²) in [5.74, 6) is -0.487. The molecule has 1 saturated heterocycles. The molecule has 0 bridgehead atoms. The highest BCUT2D eigenvalue weighted by Gasteiger charge is 2.23. The summed E-state index contributed by atoms with van der Waals surface area (Å²) in [6.45, 7) is 1.58. The third-order valence-electron chi connectivity index (χ3n) is 5.32. The molecule has 1 aromatic heterocycles. The molecular formula is C22H21ClN4O2. The van der Waals surface area contributed by atoms with Crippen LogP contribution in [-0.4, -0.2) is 29.9 Å². The van der Waals surface area contributed by atoms with E-state index in [-0.39, 0.29) is 22.9 Å². The van der Waals surface area contributed by atoms with Crippen LogP contribution in [0.25, 0.3) is 10.9 Å². The van der Waals surface area contributed by atoms with E-state index >= 15 is 0 Å². The number of amides is 2. The minimum Gasteiger partial charge on any atom is -0.371 e. The second-order valence-electron chi connectivity index (χ2n) is 7.17. The van der Waals surface area contributed by atoms with Crippen molar-refractivity contribution < 1.29 is 9.59 Å². The molecular weight excluding hydrogens is 388 g/mol. The van der Waals surface area contributed by atoms with Gasteiger partial charge in [-0.15, -0.1) is 0 Å². The van der Waals surface area contributed by atoms with Gasteiger partial charge in [-0.3, -0.25) is 9.59 Å². The van der Waals surface area contributed by atoms with E-state index < -0.39 is 0 Å². The Kier molecular flexibility index (Phi) is 5.36. The Bertz CT molecular complexity index is 1060. The van der Waals surface area contributed by atoms with E-state index in [1.165, 1.54) is 0 Å². The van der Waals surface area contributed by atoms with Crippen LogP contribution in [0.3, 0.4) is 0 Å². The predicted octanol–water partition coefficient (Wildman–Crippen LogP) is 3.84. The average molecular weight is 409 g/mol. The molecule has 4 rings (SSSR count). The lowest BCUT2D eigenvalue weighted by Crippen LogP contribution is -2.38. The standard InChI is InChI=1S/C22H21ClN4O2/c23-20-13-18(17-3-1-2-4-19(17)26-20)22(29)25-15-5-7-16(8-6-15)27-11-9-14(10-12-27)21(24)28/h1-8,13-14H,9-12H2,(H2,24,28)(H,25,29). The van der Waals surface area contributed by atoms with E-state index in [1.54, 1.807) is 6.07 Å². The van der Waals surface area contributed by atoms with E-state index in [9.17, 15) is 9.59 Å². The molecule has 2 aromatic carbocycles. The Labute approximate surface area is 173 Å². The van der Waals surface area contributed by atoms with Crippen LogP contribution in [0, 0.1) is 5.92 Å². The molecule has 0 unspecified atom stereocenters. The Morgan fingerprint density at radius 3 is 2.45 bits per heavy atom. The number of rotatable bonds is 4. The Morgan fingerprint density at radius 2 is 1.76 bits per heavy atom. The Balaban J connectivity index is 1.47. The maximum Gasteiger partial charge on any atom is 0.256 e. The van der Waals surface area contributed by atoms with Crippen LogP contribution < -0.4 is 16.0 Å². The molecule has 1 aliphatic heterocycles. The van der Waals surface area contributed by atoms with Crippen molar-refractivity contribution in [1.29, 1.82) is 0 Å². The van der Waals surface area contributed by atoms with Crippen LogP contribution in [0.1, 0.15) is 23.2 Å². The van der Waals surface area contributed by atoms with Crippen molar-refractivity contribution in [3.05, 3.63) is 65.3 Å². The molecule has 0 spiro atoms. The number of nitrogens with two attached hydrogens (primary N) is 1. The van der Waals surface area contributed by atoms with Gasteiger partial charge in [-0.05, 0) is 49.2 Å². The molecule has 148 valence electrons. The minimum atomic E-state index is -0.236. The Hall–Kier alpha value is -3.12. The number of nitrogens with zero attached hydrogens (tertiary/aromatic N) is 2. The summed E-state index contributed by atoms with van der Waals surface area (Å²) in [5, 5.41) is 3.96. The molecule has 2 amide bonds. The van der Waals surface area contributed by atoms with Gasteiger partial charge in [0.15, 0.2) is 0 Å². The number of benzene rings is 2. The van der Waals surface area contributed by atoms with Gasteiger partial charge in [-0.1, -0.05) is 29.8 Å². The average Bonchev–Trinajstić information content (AvgIpc) is 2.73. The first-order chi connectivity index (χ1) is 14.0. The predicted molar refractivity (Wildman–Crippen MR) is 115 cm³/mol. The van der Waals surface area contributed by atoms with Gasteiger partial charge in [-0.2, -0.15) is 0 Å². The van der Waals surface area contributed by atoms with Gasteiger partial charge in [0, 0.05) is 35.8 Å². The highest BCUT2D eigenvalue weighted by molar-refractivity contribution is 6.30. The van der Waals surface area contributed by atoms with E-state index in [0.717, 1.165) is 37.0 Å². The van der Waals surface area contributed by atoms with Crippen molar-refractivity contribution in [2.24, 2.45) is 11.7 Å². The molecule has 3 aromatic rings. The number of pyridine rings is 1. The molecule has 0 aliphatic carbocycles. The maximum atomic E-state index is 12.8. The molecule has 6 nitrogen and oxygen atoms in total. The smallest absolute Gasteiger partial charge is 0.256 e. The molecule has 3 N–H and O–H groups in total. The number of primary amides is 1. The van der Waals surface area contributed by atoms with E-state index in [4.69, 9.17) is 17.3 Å². The zero-order chi connectivity index (χ0) is 20.4. The second kappa shape index (κ2) is 8.09. The van der Waals surface area contributed by atoms with Crippen molar-refractivity contribution in [2.45, 2.75) is 12.8 Å². The number of hydrogen-bond acceptors (Lipinski definition) is 4. The van der Waals surface area contributed by atoms with Gasteiger partial charge in [0.05, 0.1) is 11.1 Å². The number of aromatic nitrogens is 1. The molecule has 0 saturated carbocycles. The number of fused-ring (bicyclic) bond motifs is 1. The summed E-state index contributed by atoms with van der Waals surface area (Å²) in [5.41, 5.74) is 8.32. The molecule has 29 heavy (non-hydrogen) atoms. The van der Waals surface area contributed by atoms with Crippen LogP contribution in [0.5, 0.6) is 0 Å². The van der Waals surface area contributed by atoms with Gasteiger partial charge in [0.1, 0.15) is 5.15 Å². The first kappa shape index (κ1) is 19.2. The van der Waals surface area contributed by atoms with Crippen LogP contribution in [0.2, 0.25) is 5.15 Å². The SMILES string of the molecule is NC(=O)C1CCN(c2ccc(NC(=O)c3cc(Cl)nc4ccccc34)cc2)CC1. The normalized spacial score (nSPS) is 14.7. The van der Waals surface area contributed by atoms with Crippen LogP contribution in [0.4, 0.5) is 11.4 Å². The monoisotopic (exact) mass is 408 g/mol. The largest absolute Gasteiger partial charge is 0.371 e. The fourth-order valence-corrected chi connectivity index (χ4v) is 3.91. The maximum absolute atomic E-state index is 12.8. The lowest BCUT2D eigenvalue weighted by molar-refractivity contribution is -0.122. The zero-order valence-corrected chi connectivity index (χ0v) is 16.5. The molecule has 1 fully saturated rings. The summed E-state index contributed by atoms with van der Waals surface area (Å²) in [6.07, 6.45) is 1.54. The van der Waals surface area contributed by atoms with E-state index in [0.29, 0.717) is 16.8 Å². The number of piperidine rings is 1. The molecule has 0 atom stereocenters. The van der Waals surface area contributed by atoms with Crippen molar-refractivity contribution >= 4 is 45.7 Å². The third kappa shape index (κ3) is 4.17. The number of carbonyl (C=O) groups is 2. The van der Waals surface area contributed by atoms with E-state index in [2.05, 4.69) is 15.2 Å². The quantitative estimate of drug-likeness (QED) is 0.642. The number of hydrogen-bond donors (Lipinski definition) is 2. The fraction of sp³-hybridized carbons (Fsp3) is 0.227. The summed E-state index contributed by atoms with van der Waals surface area (Å²) in [4.78, 5) is 30.6. The fourth-order valence-electron chi connectivity index (χ4n) is 3.71. The molecule has 1 aliphatic rings. The third-order valence-corrected chi connectivity index (χ3v) is 5.51. The summed E-state index contributed by atoms with van der Waals surface area (Å²) in [6, 6.07) is 16.7. The van der Waals surface area contributed by atoms with Crippen molar-refractivity contribution in [3.8, 4) is 0 Å². The Morgan fingerprint density at radius 1 is 1.07 bits per heavy atom. The van der Waals surface area contributed by atoms with Gasteiger partial charge in [0.2, 0.25) is 5.91 Å². The van der Waals surface area contributed by atoms with Gasteiger partial charge in [0.25, 0.3) is 5.91 Å². The number of anilines is 2. The van der Waals surface area contributed by atoms with Gasteiger partial charge >= 0.3 is 0 Å².